The molecule has 0 aliphatic rings. The zero-order chi connectivity index (χ0) is 13.4. The lowest BCUT2D eigenvalue weighted by atomic mass is 10.2. The second-order valence-corrected chi connectivity index (χ2v) is 4.76. The first kappa shape index (κ1) is 12.2. The highest BCUT2D eigenvalue weighted by Gasteiger charge is 2.11. The molecule has 0 unspecified atom stereocenters. The van der Waals surface area contributed by atoms with Crippen LogP contribution in [0.5, 0.6) is 0 Å². The quantitative estimate of drug-likeness (QED) is 0.738. The van der Waals surface area contributed by atoms with Gasteiger partial charge in [-0.15, -0.1) is 0 Å². The molecule has 0 atom stereocenters. The van der Waals surface area contributed by atoms with E-state index in [1.165, 1.54) is 0 Å². The van der Waals surface area contributed by atoms with Crippen molar-refractivity contribution in [2.45, 2.75) is 6.54 Å². The Labute approximate surface area is 119 Å². The monoisotopic (exact) mass is 293 g/mol. The van der Waals surface area contributed by atoms with Crippen molar-refractivity contribution < 1.29 is 0 Å². The van der Waals surface area contributed by atoms with Gasteiger partial charge < -0.3 is 10.3 Å². The molecule has 3 rings (SSSR count). The van der Waals surface area contributed by atoms with Crippen LogP contribution < -0.4 is 5.73 Å². The number of anilines is 1. The predicted octanol–water partition coefficient (Wildman–Crippen LogP) is 2.76. The van der Waals surface area contributed by atoms with Crippen molar-refractivity contribution in [2.75, 3.05) is 5.73 Å². The lowest BCUT2D eigenvalue weighted by Crippen LogP contribution is -2.01. The Morgan fingerprint density at radius 2 is 1.95 bits per heavy atom. The summed E-state index contributed by atoms with van der Waals surface area (Å²) >= 11 is 12.0. The van der Waals surface area contributed by atoms with Gasteiger partial charge in [-0.2, -0.15) is 9.97 Å². The molecule has 7 heteroatoms. The molecule has 1 aromatic carbocycles. The van der Waals surface area contributed by atoms with E-state index in [1.54, 1.807) is 6.33 Å². The number of aromatic nitrogens is 4. The highest BCUT2D eigenvalue weighted by atomic mass is 35.5. The van der Waals surface area contributed by atoms with Crippen LogP contribution in [-0.2, 0) is 6.54 Å². The summed E-state index contributed by atoms with van der Waals surface area (Å²) in [6, 6.07) is 7.60. The number of hydrogen-bond donors (Lipinski definition) is 1. The largest absolute Gasteiger partial charge is 0.382 e. The molecule has 2 N–H and O–H groups in total. The third-order valence-corrected chi connectivity index (χ3v) is 3.30. The molecule has 0 radical (unpaired) electrons. The zero-order valence-electron chi connectivity index (χ0n) is 9.72. The topological polar surface area (TPSA) is 69.6 Å². The standard InChI is InChI=1S/C12H9Cl2N5/c13-8-4-2-1-3-7(8)5-19-6-16-9-10(15)17-12(14)18-11(9)19/h1-4,6H,5H2,(H2,15,17,18). The summed E-state index contributed by atoms with van der Waals surface area (Å²) in [4.78, 5) is 12.2. The van der Waals surface area contributed by atoms with Gasteiger partial charge in [0.2, 0.25) is 5.28 Å². The summed E-state index contributed by atoms with van der Waals surface area (Å²) in [5, 5.41) is 0.795. The van der Waals surface area contributed by atoms with Crippen molar-refractivity contribution in [3.05, 3.63) is 46.5 Å². The summed E-state index contributed by atoms with van der Waals surface area (Å²) < 4.78 is 1.83. The van der Waals surface area contributed by atoms with Gasteiger partial charge in [0, 0.05) is 5.02 Å². The Kier molecular flexibility index (Phi) is 3.00. The van der Waals surface area contributed by atoms with E-state index >= 15 is 0 Å². The van der Waals surface area contributed by atoms with Gasteiger partial charge in [-0.05, 0) is 23.2 Å². The minimum absolute atomic E-state index is 0.103. The number of nitrogens with zero attached hydrogens (tertiary/aromatic N) is 4. The molecule has 0 amide bonds. The maximum absolute atomic E-state index is 6.14. The van der Waals surface area contributed by atoms with Gasteiger partial charge in [0.25, 0.3) is 0 Å². The molecular formula is C12H9Cl2N5. The van der Waals surface area contributed by atoms with Crippen molar-refractivity contribution in [3.8, 4) is 0 Å². The van der Waals surface area contributed by atoms with E-state index in [1.807, 2.05) is 28.8 Å². The zero-order valence-corrected chi connectivity index (χ0v) is 11.2. The predicted molar refractivity (Wildman–Crippen MR) is 75.3 cm³/mol. The maximum atomic E-state index is 6.14. The Hall–Kier alpha value is -1.85. The van der Waals surface area contributed by atoms with Gasteiger partial charge in [0.15, 0.2) is 11.5 Å². The fraction of sp³-hybridized carbons (Fsp3) is 0.0833. The number of benzene rings is 1. The fourth-order valence-corrected chi connectivity index (χ4v) is 2.23. The summed E-state index contributed by atoms with van der Waals surface area (Å²) in [5.74, 6) is 0.271. The van der Waals surface area contributed by atoms with Crippen molar-refractivity contribution in [1.82, 2.24) is 19.5 Å². The van der Waals surface area contributed by atoms with Crippen LogP contribution in [0.1, 0.15) is 5.56 Å². The van der Waals surface area contributed by atoms with E-state index < -0.39 is 0 Å². The Balaban J connectivity index is 2.09. The second-order valence-electron chi connectivity index (χ2n) is 4.01. The number of fused-ring (bicyclic) bond motifs is 1. The molecule has 0 fully saturated rings. The summed E-state index contributed by atoms with van der Waals surface area (Å²) in [6.07, 6.45) is 1.65. The Morgan fingerprint density at radius 3 is 2.74 bits per heavy atom. The van der Waals surface area contributed by atoms with E-state index in [0.717, 1.165) is 5.56 Å². The molecule has 0 aliphatic heterocycles. The number of halogens is 2. The van der Waals surface area contributed by atoms with Crippen LogP contribution in [0, 0.1) is 0 Å². The second kappa shape index (κ2) is 4.68. The van der Waals surface area contributed by atoms with E-state index in [0.29, 0.717) is 22.7 Å². The van der Waals surface area contributed by atoms with E-state index in [9.17, 15) is 0 Å². The van der Waals surface area contributed by atoms with Crippen LogP contribution >= 0.6 is 23.2 Å². The molecular weight excluding hydrogens is 285 g/mol. The van der Waals surface area contributed by atoms with Gasteiger partial charge in [-0.1, -0.05) is 29.8 Å². The van der Waals surface area contributed by atoms with Crippen LogP contribution in [0.3, 0.4) is 0 Å². The molecule has 0 bridgehead atoms. The van der Waals surface area contributed by atoms with Crippen LogP contribution in [0.2, 0.25) is 10.3 Å². The summed E-state index contributed by atoms with van der Waals surface area (Å²) in [7, 11) is 0. The fourth-order valence-electron chi connectivity index (χ4n) is 1.86. The first-order valence-electron chi connectivity index (χ1n) is 5.52. The van der Waals surface area contributed by atoms with Crippen molar-refractivity contribution in [3.63, 3.8) is 0 Å². The molecule has 0 aliphatic carbocycles. The average Bonchev–Trinajstić information content (AvgIpc) is 2.76. The first-order chi connectivity index (χ1) is 9.15. The van der Waals surface area contributed by atoms with E-state index in [2.05, 4.69) is 15.0 Å². The van der Waals surface area contributed by atoms with E-state index in [4.69, 9.17) is 28.9 Å². The normalized spacial score (nSPS) is 11.1. The molecule has 0 saturated heterocycles. The molecule has 0 spiro atoms. The summed E-state index contributed by atoms with van der Waals surface area (Å²) in [5.41, 5.74) is 7.86. The average molecular weight is 294 g/mol. The lowest BCUT2D eigenvalue weighted by Gasteiger charge is -2.06. The SMILES string of the molecule is Nc1nc(Cl)nc2c1ncn2Cc1ccccc1Cl. The maximum Gasteiger partial charge on any atom is 0.226 e. The highest BCUT2D eigenvalue weighted by Crippen LogP contribution is 2.21. The molecule has 3 aromatic rings. The third kappa shape index (κ3) is 2.22. The summed E-state index contributed by atoms with van der Waals surface area (Å²) in [6.45, 7) is 0.545. The molecule has 2 heterocycles. The minimum Gasteiger partial charge on any atom is -0.382 e. The van der Waals surface area contributed by atoms with Crippen LogP contribution in [-0.4, -0.2) is 19.5 Å². The van der Waals surface area contributed by atoms with Crippen molar-refractivity contribution in [2.24, 2.45) is 0 Å². The molecule has 2 aromatic heterocycles. The van der Waals surface area contributed by atoms with Gasteiger partial charge in [0.1, 0.15) is 5.52 Å². The van der Waals surface area contributed by atoms with Gasteiger partial charge in [-0.3, -0.25) is 0 Å². The molecule has 5 nitrogen and oxygen atoms in total. The van der Waals surface area contributed by atoms with Crippen LogP contribution in [0.25, 0.3) is 11.2 Å². The van der Waals surface area contributed by atoms with Crippen LogP contribution in [0.4, 0.5) is 5.82 Å². The van der Waals surface area contributed by atoms with Crippen LogP contribution in [0.15, 0.2) is 30.6 Å². The Morgan fingerprint density at radius 1 is 1.16 bits per heavy atom. The van der Waals surface area contributed by atoms with Crippen molar-refractivity contribution in [1.29, 1.82) is 0 Å². The highest BCUT2D eigenvalue weighted by molar-refractivity contribution is 6.31. The van der Waals surface area contributed by atoms with Gasteiger partial charge in [-0.25, -0.2) is 4.98 Å². The first-order valence-corrected chi connectivity index (χ1v) is 6.28. The number of nitrogen functional groups attached to an aromatic ring is 1. The molecule has 96 valence electrons. The van der Waals surface area contributed by atoms with E-state index in [-0.39, 0.29) is 11.1 Å². The number of nitrogens with two attached hydrogens (primary N) is 1. The lowest BCUT2D eigenvalue weighted by molar-refractivity contribution is 0.813. The third-order valence-electron chi connectivity index (χ3n) is 2.76. The number of imidazole rings is 1. The Bertz CT molecular complexity index is 753. The molecule has 19 heavy (non-hydrogen) atoms. The number of rotatable bonds is 2. The van der Waals surface area contributed by atoms with Crippen molar-refractivity contribution >= 4 is 40.2 Å². The minimum atomic E-state index is 0.103. The van der Waals surface area contributed by atoms with Gasteiger partial charge >= 0.3 is 0 Å². The smallest absolute Gasteiger partial charge is 0.226 e. The van der Waals surface area contributed by atoms with Gasteiger partial charge in [0.05, 0.1) is 12.9 Å². The number of hydrogen-bond acceptors (Lipinski definition) is 4. The molecule has 0 saturated carbocycles.